The van der Waals surface area contributed by atoms with Crippen molar-refractivity contribution in [2.75, 3.05) is 11.1 Å². The van der Waals surface area contributed by atoms with E-state index in [1.807, 2.05) is 18.7 Å². The zero-order valence-electron chi connectivity index (χ0n) is 15.3. The van der Waals surface area contributed by atoms with E-state index < -0.39 is 12.1 Å². The first-order valence-corrected chi connectivity index (χ1v) is 9.95. The van der Waals surface area contributed by atoms with E-state index in [1.165, 1.54) is 11.8 Å². The number of carbonyl (C=O) groups is 3. The molecule has 0 saturated carbocycles. The molecule has 0 spiro atoms. The van der Waals surface area contributed by atoms with Gasteiger partial charge in [0.2, 0.25) is 5.91 Å². The van der Waals surface area contributed by atoms with E-state index >= 15 is 0 Å². The largest absolute Gasteiger partial charge is 0.449 e. The normalized spacial score (nSPS) is 23.7. The molecule has 1 aromatic carbocycles. The van der Waals surface area contributed by atoms with Gasteiger partial charge in [-0.3, -0.25) is 9.59 Å². The van der Waals surface area contributed by atoms with Gasteiger partial charge in [-0.05, 0) is 58.2 Å². The van der Waals surface area contributed by atoms with Crippen LogP contribution in [0.4, 0.5) is 5.69 Å². The lowest BCUT2D eigenvalue weighted by Gasteiger charge is -2.40. The smallest absolute Gasteiger partial charge is 0.338 e. The number of benzene rings is 1. The van der Waals surface area contributed by atoms with Crippen LogP contribution < -0.4 is 5.32 Å². The minimum Gasteiger partial charge on any atom is -0.449 e. The van der Waals surface area contributed by atoms with Gasteiger partial charge in [-0.2, -0.15) is 0 Å². The van der Waals surface area contributed by atoms with E-state index in [-0.39, 0.29) is 23.9 Å². The second-order valence-electron chi connectivity index (χ2n) is 6.97. The van der Waals surface area contributed by atoms with Crippen LogP contribution in [0.1, 0.15) is 50.4 Å². The molecule has 1 saturated heterocycles. The molecule has 2 aliphatic heterocycles. The molecule has 26 heavy (non-hydrogen) atoms. The Morgan fingerprint density at radius 2 is 1.96 bits per heavy atom. The number of hydrogen-bond acceptors (Lipinski definition) is 5. The van der Waals surface area contributed by atoms with Crippen LogP contribution in [0.15, 0.2) is 23.1 Å². The Morgan fingerprint density at radius 3 is 2.65 bits per heavy atom. The highest BCUT2D eigenvalue weighted by Crippen LogP contribution is 2.32. The topological polar surface area (TPSA) is 75.7 Å². The highest BCUT2D eigenvalue weighted by atomic mass is 32.2. The molecule has 0 radical (unpaired) electrons. The molecule has 0 aromatic heterocycles. The van der Waals surface area contributed by atoms with Crippen molar-refractivity contribution in [1.29, 1.82) is 0 Å². The zero-order valence-corrected chi connectivity index (χ0v) is 16.1. The first kappa shape index (κ1) is 18.8. The number of fused-ring (bicyclic) bond motifs is 1. The third-order valence-electron chi connectivity index (χ3n) is 4.93. The number of esters is 1. The number of carbonyl (C=O) groups excluding carboxylic acids is 3. The molecule has 1 fully saturated rings. The molecular weight excluding hydrogens is 352 g/mol. The van der Waals surface area contributed by atoms with Crippen molar-refractivity contribution < 1.29 is 19.1 Å². The Kier molecular flexibility index (Phi) is 5.55. The summed E-state index contributed by atoms with van der Waals surface area (Å²) >= 11 is 1.43. The first-order valence-electron chi connectivity index (χ1n) is 8.96. The van der Waals surface area contributed by atoms with Crippen LogP contribution in [-0.2, 0) is 14.3 Å². The van der Waals surface area contributed by atoms with Crippen LogP contribution in [-0.4, -0.2) is 46.6 Å². The van der Waals surface area contributed by atoms with Gasteiger partial charge in [0.15, 0.2) is 6.10 Å². The molecule has 7 heteroatoms. The van der Waals surface area contributed by atoms with Gasteiger partial charge >= 0.3 is 5.97 Å². The third-order valence-corrected chi connectivity index (χ3v) is 6.00. The summed E-state index contributed by atoms with van der Waals surface area (Å²) in [5.41, 5.74) is 0.934. The second-order valence-corrected chi connectivity index (χ2v) is 7.99. The van der Waals surface area contributed by atoms with Gasteiger partial charge in [0, 0.05) is 17.0 Å². The van der Waals surface area contributed by atoms with E-state index in [0.717, 1.165) is 24.2 Å². The summed E-state index contributed by atoms with van der Waals surface area (Å²) < 4.78 is 5.42. The molecule has 1 aromatic rings. The maximum Gasteiger partial charge on any atom is 0.338 e. The summed E-state index contributed by atoms with van der Waals surface area (Å²) in [5, 5.41) is 2.75. The Balaban J connectivity index is 1.68. The molecule has 140 valence electrons. The summed E-state index contributed by atoms with van der Waals surface area (Å²) in [7, 11) is 0. The fraction of sp³-hybridized carbons (Fsp3) is 0.526. The number of hydrogen-bond donors (Lipinski definition) is 1. The lowest BCUT2D eigenvalue weighted by atomic mass is 9.97. The van der Waals surface area contributed by atoms with Crippen molar-refractivity contribution in [3.8, 4) is 0 Å². The Bertz CT molecular complexity index is 726. The number of anilines is 1. The number of amides is 2. The van der Waals surface area contributed by atoms with E-state index in [1.54, 1.807) is 25.1 Å². The van der Waals surface area contributed by atoms with Gasteiger partial charge in [0.1, 0.15) is 0 Å². The van der Waals surface area contributed by atoms with Crippen LogP contribution in [0, 0.1) is 0 Å². The third kappa shape index (κ3) is 3.87. The number of rotatable bonds is 3. The van der Waals surface area contributed by atoms with Gasteiger partial charge in [-0.1, -0.05) is 0 Å². The molecule has 2 heterocycles. The average Bonchev–Trinajstić information content (AvgIpc) is 2.60. The van der Waals surface area contributed by atoms with Gasteiger partial charge in [-0.25, -0.2) is 4.79 Å². The van der Waals surface area contributed by atoms with Crippen LogP contribution >= 0.6 is 11.8 Å². The van der Waals surface area contributed by atoms with Crippen LogP contribution in [0.5, 0.6) is 0 Å². The van der Waals surface area contributed by atoms with Crippen LogP contribution in [0.2, 0.25) is 0 Å². The predicted octanol–water partition coefficient (Wildman–Crippen LogP) is 3.07. The monoisotopic (exact) mass is 376 g/mol. The number of piperidine rings is 1. The quantitative estimate of drug-likeness (QED) is 0.821. The van der Waals surface area contributed by atoms with E-state index in [0.29, 0.717) is 17.0 Å². The summed E-state index contributed by atoms with van der Waals surface area (Å²) in [4.78, 5) is 39.5. The Morgan fingerprint density at radius 1 is 1.27 bits per heavy atom. The first-order chi connectivity index (χ1) is 12.4. The zero-order chi connectivity index (χ0) is 18.8. The van der Waals surface area contributed by atoms with Crippen molar-refractivity contribution in [3.63, 3.8) is 0 Å². The summed E-state index contributed by atoms with van der Waals surface area (Å²) in [5.74, 6) is -0.436. The molecule has 0 unspecified atom stereocenters. The van der Waals surface area contributed by atoms with Crippen molar-refractivity contribution >= 4 is 35.2 Å². The number of nitrogens with one attached hydrogen (secondary N) is 1. The molecule has 2 aliphatic rings. The minimum atomic E-state index is -0.842. The molecule has 0 bridgehead atoms. The van der Waals surface area contributed by atoms with Crippen LogP contribution in [0.25, 0.3) is 0 Å². The fourth-order valence-electron chi connectivity index (χ4n) is 3.55. The van der Waals surface area contributed by atoms with Gasteiger partial charge < -0.3 is 15.0 Å². The summed E-state index contributed by atoms with van der Waals surface area (Å²) in [6.07, 6.45) is 2.21. The lowest BCUT2D eigenvalue weighted by Crippen LogP contribution is -2.51. The standard InChI is InChI=1S/C19H24N2O4S/c1-11-5-4-6-12(2)21(11)18(23)13(3)25-19(24)14-7-8-16-15(9-14)20-17(22)10-26-16/h7-9,11-13H,4-6,10H2,1-3H3,(H,20,22)/t11-,12-,13-/m1/s1. The Hall–Kier alpha value is -2.02. The molecule has 2 amide bonds. The Labute approximate surface area is 157 Å². The maximum atomic E-state index is 12.7. The predicted molar refractivity (Wildman–Crippen MR) is 100 cm³/mol. The molecule has 3 atom stereocenters. The second kappa shape index (κ2) is 7.70. The number of thioether (sulfide) groups is 1. The highest BCUT2D eigenvalue weighted by Gasteiger charge is 2.33. The van der Waals surface area contributed by atoms with Gasteiger partial charge in [-0.15, -0.1) is 11.8 Å². The molecule has 1 N–H and O–H groups in total. The average molecular weight is 376 g/mol. The molecule has 0 aliphatic carbocycles. The summed E-state index contributed by atoms with van der Waals surface area (Å²) in [6.45, 7) is 5.68. The molecule has 6 nitrogen and oxygen atoms in total. The molecule has 3 rings (SSSR count). The van der Waals surface area contributed by atoms with Crippen molar-refractivity contribution in [1.82, 2.24) is 4.90 Å². The van der Waals surface area contributed by atoms with E-state index in [4.69, 9.17) is 4.74 Å². The fourth-order valence-corrected chi connectivity index (χ4v) is 4.34. The number of likely N-dealkylation sites (tertiary alicyclic amines) is 1. The van der Waals surface area contributed by atoms with Gasteiger partial charge in [0.25, 0.3) is 5.91 Å². The summed E-state index contributed by atoms with van der Waals surface area (Å²) in [6, 6.07) is 5.36. The number of nitrogens with zero attached hydrogens (tertiary/aromatic N) is 1. The van der Waals surface area contributed by atoms with Crippen molar-refractivity contribution in [2.45, 2.75) is 63.1 Å². The van der Waals surface area contributed by atoms with E-state index in [9.17, 15) is 14.4 Å². The van der Waals surface area contributed by atoms with E-state index in [2.05, 4.69) is 5.32 Å². The minimum absolute atomic E-state index is 0.0929. The SMILES string of the molecule is C[C@@H]1CCC[C@@H](C)N1C(=O)[C@@H](C)OC(=O)c1ccc2c(c1)NC(=O)CS2. The van der Waals surface area contributed by atoms with Crippen molar-refractivity contribution in [2.24, 2.45) is 0 Å². The molecular formula is C19H24N2O4S. The maximum absolute atomic E-state index is 12.7. The number of ether oxygens (including phenoxy) is 1. The van der Waals surface area contributed by atoms with Crippen molar-refractivity contribution in [3.05, 3.63) is 23.8 Å². The lowest BCUT2D eigenvalue weighted by molar-refractivity contribution is -0.146. The van der Waals surface area contributed by atoms with Crippen LogP contribution in [0.3, 0.4) is 0 Å². The van der Waals surface area contributed by atoms with Gasteiger partial charge in [0.05, 0.1) is 17.0 Å². The highest BCUT2D eigenvalue weighted by molar-refractivity contribution is 8.00.